The normalized spacial score (nSPS) is 12.2. The summed E-state index contributed by atoms with van der Waals surface area (Å²) in [5.74, 6) is -4.22. The number of amides is 1. The zero-order valence-electron chi connectivity index (χ0n) is 10.1. The zero-order chi connectivity index (χ0) is 14.4. The van der Waals surface area contributed by atoms with E-state index in [4.69, 9.17) is 5.11 Å². The van der Waals surface area contributed by atoms with Gasteiger partial charge in [0.15, 0.2) is 0 Å². The fourth-order valence-corrected chi connectivity index (χ4v) is 2.10. The first-order valence-electron chi connectivity index (χ1n) is 5.46. The minimum Gasteiger partial charge on any atom is -0.481 e. The van der Waals surface area contributed by atoms with Gasteiger partial charge in [-0.25, -0.2) is 0 Å². The van der Waals surface area contributed by atoms with Gasteiger partial charge in [-0.1, -0.05) is 23.9 Å². The van der Waals surface area contributed by atoms with Crippen molar-refractivity contribution < 1.29 is 23.5 Å². The lowest BCUT2D eigenvalue weighted by molar-refractivity contribution is -0.137. The molecule has 104 valence electrons. The van der Waals surface area contributed by atoms with Crippen LogP contribution in [0.3, 0.4) is 0 Å². The molecule has 7 heteroatoms. The minimum atomic E-state index is -2.62. The third-order valence-electron chi connectivity index (χ3n) is 2.21. The number of carbonyl (C=O) groups is 2. The van der Waals surface area contributed by atoms with Gasteiger partial charge in [0, 0.05) is 10.9 Å². The number of carboxylic acid groups (broad SMARTS) is 1. The lowest BCUT2D eigenvalue weighted by Crippen LogP contribution is -2.34. The number of aliphatic carboxylic acids is 1. The SMILES string of the molecule is CC(CC(=O)O)NC(=O)c1ccccc1SC(F)F. The molecule has 1 aromatic rings. The highest BCUT2D eigenvalue weighted by Gasteiger charge is 2.17. The van der Waals surface area contributed by atoms with Crippen LogP contribution in [0.5, 0.6) is 0 Å². The van der Waals surface area contributed by atoms with Crippen LogP contribution in [0.2, 0.25) is 0 Å². The van der Waals surface area contributed by atoms with Crippen molar-refractivity contribution in [3.63, 3.8) is 0 Å². The highest BCUT2D eigenvalue weighted by molar-refractivity contribution is 7.99. The molecular formula is C12H13F2NO3S. The van der Waals surface area contributed by atoms with E-state index in [2.05, 4.69) is 5.32 Å². The maximum absolute atomic E-state index is 12.4. The van der Waals surface area contributed by atoms with Gasteiger partial charge in [-0.2, -0.15) is 8.78 Å². The Morgan fingerprint density at radius 3 is 2.58 bits per heavy atom. The summed E-state index contributed by atoms with van der Waals surface area (Å²) in [6.45, 7) is 1.54. The molecule has 0 radical (unpaired) electrons. The molecule has 0 aromatic heterocycles. The first kappa shape index (κ1) is 15.4. The summed E-state index contributed by atoms with van der Waals surface area (Å²) in [4.78, 5) is 22.5. The van der Waals surface area contributed by atoms with Crippen LogP contribution in [0.4, 0.5) is 8.78 Å². The van der Waals surface area contributed by atoms with Gasteiger partial charge in [0.25, 0.3) is 11.7 Å². The second-order valence-corrected chi connectivity index (χ2v) is 4.88. The summed E-state index contributed by atoms with van der Waals surface area (Å²) in [5.41, 5.74) is 0.116. The predicted octanol–water partition coefficient (Wildman–Crippen LogP) is 2.59. The van der Waals surface area contributed by atoms with Gasteiger partial charge in [0.2, 0.25) is 0 Å². The number of alkyl halides is 2. The Labute approximate surface area is 113 Å². The summed E-state index contributed by atoms with van der Waals surface area (Å²) in [5, 5.41) is 11.0. The predicted molar refractivity (Wildman–Crippen MR) is 67.5 cm³/mol. The van der Waals surface area contributed by atoms with E-state index in [1.54, 1.807) is 12.1 Å². The van der Waals surface area contributed by atoms with Crippen molar-refractivity contribution in [1.82, 2.24) is 5.32 Å². The third kappa shape index (κ3) is 5.25. The largest absolute Gasteiger partial charge is 0.481 e. The number of rotatable bonds is 6. The van der Waals surface area contributed by atoms with Crippen LogP contribution < -0.4 is 5.32 Å². The zero-order valence-corrected chi connectivity index (χ0v) is 10.9. The molecule has 1 atom stereocenters. The first-order valence-corrected chi connectivity index (χ1v) is 6.34. The lowest BCUT2D eigenvalue weighted by Gasteiger charge is -2.13. The number of carboxylic acids is 1. The lowest BCUT2D eigenvalue weighted by atomic mass is 10.2. The van der Waals surface area contributed by atoms with Crippen molar-refractivity contribution in [1.29, 1.82) is 0 Å². The molecule has 1 unspecified atom stereocenters. The molecule has 0 aliphatic rings. The molecule has 0 heterocycles. The van der Waals surface area contributed by atoms with E-state index in [9.17, 15) is 18.4 Å². The Balaban J connectivity index is 2.78. The number of halogens is 2. The van der Waals surface area contributed by atoms with Gasteiger partial charge >= 0.3 is 5.97 Å². The summed E-state index contributed by atoms with van der Waals surface area (Å²) < 4.78 is 24.7. The van der Waals surface area contributed by atoms with Crippen LogP contribution in [-0.2, 0) is 4.79 Å². The van der Waals surface area contributed by atoms with Crippen LogP contribution in [0.25, 0.3) is 0 Å². The molecule has 4 nitrogen and oxygen atoms in total. The van der Waals surface area contributed by atoms with Crippen molar-refractivity contribution in [2.24, 2.45) is 0 Å². The van der Waals surface area contributed by atoms with Crippen LogP contribution in [0, 0.1) is 0 Å². The molecule has 2 N–H and O–H groups in total. The van der Waals surface area contributed by atoms with Gasteiger partial charge in [-0.05, 0) is 19.1 Å². The number of thioether (sulfide) groups is 1. The third-order valence-corrected chi connectivity index (χ3v) is 2.99. The first-order chi connectivity index (χ1) is 8.90. The summed E-state index contributed by atoms with van der Waals surface area (Å²) >= 11 is 0.284. The Hall–Kier alpha value is -1.63. The number of hydrogen-bond acceptors (Lipinski definition) is 3. The molecule has 19 heavy (non-hydrogen) atoms. The molecule has 0 saturated carbocycles. The second-order valence-electron chi connectivity index (χ2n) is 3.85. The molecule has 1 rings (SSSR count). The average molecular weight is 289 g/mol. The van der Waals surface area contributed by atoms with E-state index < -0.39 is 23.7 Å². The number of nitrogens with one attached hydrogen (secondary N) is 1. The quantitative estimate of drug-likeness (QED) is 0.790. The highest BCUT2D eigenvalue weighted by Crippen LogP contribution is 2.28. The van der Waals surface area contributed by atoms with E-state index >= 15 is 0 Å². The Kier molecular flexibility index (Phi) is 5.75. The van der Waals surface area contributed by atoms with Crippen LogP contribution in [0.1, 0.15) is 23.7 Å². The summed E-state index contributed by atoms with van der Waals surface area (Å²) in [6, 6.07) is 5.39. The monoisotopic (exact) mass is 289 g/mol. The van der Waals surface area contributed by atoms with E-state index in [1.165, 1.54) is 19.1 Å². The number of benzene rings is 1. The molecule has 0 aliphatic carbocycles. The van der Waals surface area contributed by atoms with Crippen molar-refractivity contribution in [3.8, 4) is 0 Å². The van der Waals surface area contributed by atoms with Crippen LogP contribution >= 0.6 is 11.8 Å². The fraction of sp³-hybridized carbons (Fsp3) is 0.333. The molecular weight excluding hydrogens is 276 g/mol. The van der Waals surface area contributed by atoms with Gasteiger partial charge in [-0.15, -0.1) is 0 Å². The van der Waals surface area contributed by atoms with Gasteiger partial charge in [0.05, 0.1) is 12.0 Å². The van der Waals surface area contributed by atoms with Crippen LogP contribution in [-0.4, -0.2) is 28.8 Å². The highest BCUT2D eigenvalue weighted by atomic mass is 32.2. The molecule has 0 spiro atoms. The van der Waals surface area contributed by atoms with E-state index in [-0.39, 0.29) is 28.6 Å². The number of carbonyl (C=O) groups excluding carboxylic acids is 1. The fourth-order valence-electron chi connectivity index (χ4n) is 1.47. The number of hydrogen-bond donors (Lipinski definition) is 2. The average Bonchev–Trinajstić information content (AvgIpc) is 2.27. The standard InChI is InChI=1S/C12H13F2NO3S/c1-7(6-10(16)17)15-11(18)8-4-2-3-5-9(8)19-12(13)14/h2-5,7,12H,6H2,1H3,(H,15,18)(H,16,17). The van der Waals surface area contributed by atoms with Gasteiger partial charge < -0.3 is 10.4 Å². The van der Waals surface area contributed by atoms with Crippen molar-refractivity contribution in [2.75, 3.05) is 0 Å². The minimum absolute atomic E-state index is 0.116. The van der Waals surface area contributed by atoms with Crippen LogP contribution in [0.15, 0.2) is 29.2 Å². The van der Waals surface area contributed by atoms with Gasteiger partial charge in [0.1, 0.15) is 0 Å². The Morgan fingerprint density at radius 1 is 1.37 bits per heavy atom. The van der Waals surface area contributed by atoms with Crippen molar-refractivity contribution in [2.45, 2.75) is 30.0 Å². The molecule has 0 fully saturated rings. The van der Waals surface area contributed by atoms with E-state index in [0.29, 0.717) is 0 Å². The Morgan fingerprint density at radius 2 is 2.00 bits per heavy atom. The Bertz CT molecular complexity index is 468. The molecule has 0 aliphatic heterocycles. The van der Waals surface area contributed by atoms with E-state index in [0.717, 1.165) is 0 Å². The topological polar surface area (TPSA) is 66.4 Å². The molecule has 1 aromatic carbocycles. The maximum Gasteiger partial charge on any atom is 0.305 e. The van der Waals surface area contributed by atoms with Gasteiger partial charge in [-0.3, -0.25) is 9.59 Å². The second kappa shape index (κ2) is 7.08. The summed E-state index contributed by atoms with van der Waals surface area (Å²) in [7, 11) is 0. The van der Waals surface area contributed by atoms with E-state index in [1.807, 2.05) is 0 Å². The van der Waals surface area contributed by atoms with Crippen molar-refractivity contribution in [3.05, 3.63) is 29.8 Å². The smallest absolute Gasteiger partial charge is 0.305 e. The maximum atomic E-state index is 12.4. The van der Waals surface area contributed by atoms with Crippen molar-refractivity contribution >= 4 is 23.6 Å². The molecule has 1 amide bonds. The molecule has 0 saturated heterocycles. The molecule has 0 bridgehead atoms. The summed E-state index contributed by atoms with van der Waals surface area (Å²) in [6.07, 6.45) is -0.226.